The summed E-state index contributed by atoms with van der Waals surface area (Å²) in [4.78, 5) is 21.3. The van der Waals surface area contributed by atoms with Crippen molar-refractivity contribution in [1.82, 2.24) is 19.9 Å². The number of hydrogen-bond donors (Lipinski definition) is 0. The van der Waals surface area contributed by atoms with Crippen molar-refractivity contribution in [2.75, 3.05) is 0 Å². The van der Waals surface area contributed by atoms with Gasteiger partial charge in [-0.05, 0) is 20.3 Å². The number of rotatable bonds is 3. The van der Waals surface area contributed by atoms with Gasteiger partial charge in [-0.15, -0.1) is 0 Å². The Morgan fingerprint density at radius 1 is 0.706 bits per heavy atom. The Balaban J connectivity index is 2.65. The molecule has 0 atom stereocenters. The summed E-state index contributed by atoms with van der Waals surface area (Å²) < 4.78 is 0. The Kier molecular flexibility index (Phi) is 6.18. The van der Waals surface area contributed by atoms with Crippen LogP contribution in [0.3, 0.4) is 0 Å². The molecule has 2 aromatic heterocycles. The predicted molar refractivity (Wildman–Crippen MR) is 118 cm³/mol. The fourth-order valence-corrected chi connectivity index (χ4v) is 3.14. The van der Waals surface area contributed by atoms with Gasteiger partial charge in [0, 0.05) is 5.56 Å². The summed E-state index contributed by atoms with van der Waals surface area (Å²) in [5.41, 5.74) is 0.199. The standard InChI is InChI=1S/C23H11N11/c1-4-11(2)13(5-24)14(6-25)30-19-12(3)20-22(32-16(8-27)15(7-26)31-20)23-21(19)33-17(9-28)18(10-29)34-23/h4H2,1-3H3/b13-11+,30-14?. The molecular weight excluding hydrogens is 430 g/mol. The van der Waals surface area contributed by atoms with Crippen LogP contribution in [0, 0.1) is 74.9 Å². The fraction of sp³-hybridized carbons (Fsp3) is 0.174. The van der Waals surface area contributed by atoms with E-state index < -0.39 is 0 Å². The van der Waals surface area contributed by atoms with Gasteiger partial charge in [-0.3, -0.25) is 0 Å². The fourth-order valence-electron chi connectivity index (χ4n) is 3.14. The zero-order valence-corrected chi connectivity index (χ0v) is 18.1. The lowest BCUT2D eigenvalue weighted by atomic mass is 10.0. The van der Waals surface area contributed by atoms with E-state index in [9.17, 15) is 31.6 Å². The molecule has 0 aliphatic carbocycles. The first kappa shape index (κ1) is 22.9. The Labute approximate surface area is 193 Å². The highest BCUT2D eigenvalue weighted by Gasteiger charge is 2.22. The highest BCUT2D eigenvalue weighted by atomic mass is 14.9. The van der Waals surface area contributed by atoms with Crippen molar-refractivity contribution >= 4 is 33.5 Å². The number of allylic oxidation sites excluding steroid dienone is 2. The van der Waals surface area contributed by atoms with E-state index >= 15 is 0 Å². The Morgan fingerprint density at radius 2 is 1.15 bits per heavy atom. The molecule has 0 radical (unpaired) electrons. The molecule has 0 spiro atoms. The van der Waals surface area contributed by atoms with Gasteiger partial charge in [-0.25, -0.2) is 24.9 Å². The van der Waals surface area contributed by atoms with E-state index in [0.717, 1.165) is 0 Å². The number of fused-ring (bicyclic) bond motifs is 3. The second kappa shape index (κ2) is 9.17. The number of nitrogens with zero attached hydrogens (tertiary/aromatic N) is 11. The monoisotopic (exact) mass is 441 g/mol. The van der Waals surface area contributed by atoms with Gasteiger partial charge in [0.25, 0.3) is 0 Å². The van der Waals surface area contributed by atoms with Crippen molar-refractivity contribution in [2.24, 2.45) is 4.99 Å². The van der Waals surface area contributed by atoms with E-state index in [4.69, 9.17) is 0 Å². The highest BCUT2D eigenvalue weighted by molar-refractivity contribution is 6.17. The summed E-state index contributed by atoms with van der Waals surface area (Å²) in [7, 11) is 0. The third kappa shape index (κ3) is 3.59. The van der Waals surface area contributed by atoms with Crippen LogP contribution in [0.1, 0.15) is 48.6 Å². The molecule has 11 heteroatoms. The zero-order chi connectivity index (χ0) is 25.0. The average molecular weight is 441 g/mol. The number of benzene rings is 1. The Hall–Kier alpha value is -5.75. The Bertz CT molecular complexity index is 1720. The zero-order valence-electron chi connectivity index (χ0n) is 18.1. The second-order valence-electron chi connectivity index (χ2n) is 6.85. The van der Waals surface area contributed by atoms with Gasteiger partial charge >= 0.3 is 0 Å². The van der Waals surface area contributed by atoms with E-state index in [1.54, 1.807) is 32.1 Å². The number of nitriles is 6. The lowest BCUT2D eigenvalue weighted by molar-refractivity contribution is 1.09. The number of hydrogen-bond acceptors (Lipinski definition) is 11. The van der Waals surface area contributed by atoms with Crippen LogP contribution in [0.2, 0.25) is 0 Å². The third-order valence-electron chi connectivity index (χ3n) is 5.01. The van der Waals surface area contributed by atoms with Gasteiger partial charge in [-0.1, -0.05) is 12.5 Å². The van der Waals surface area contributed by atoms with Crippen molar-refractivity contribution in [3.8, 4) is 36.4 Å². The van der Waals surface area contributed by atoms with Crippen molar-refractivity contribution in [3.63, 3.8) is 0 Å². The van der Waals surface area contributed by atoms with Gasteiger partial charge in [0.05, 0.1) is 16.8 Å². The van der Waals surface area contributed by atoms with Crippen LogP contribution in [-0.4, -0.2) is 25.6 Å². The molecule has 0 N–H and O–H groups in total. The molecule has 0 unspecified atom stereocenters. The molecule has 11 nitrogen and oxygen atoms in total. The molecule has 2 heterocycles. The molecule has 0 amide bonds. The summed E-state index contributed by atoms with van der Waals surface area (Å²) in [5.74, 6) is 0. The van der Waals surface area contributed by atoms with Crippen LogP contribution in [0.4, 0.5) is 5.69 Å². The van der Waals surface area contributed by atoms with Crippen LogP contribution in [0.5, 0.6) is 0 Å². The summed E-state index contributed by atoms with van der Waals surface area (Å²) in [6.45, 7) is 5.13. The maximum atomic E-state index is 9.74. The third-order valence-corrected chi connectivity index (χ3v) is 5.01. The highest BCUT2D eigenvalue weighted by Crippen LogP contribution is 2.36. The van der Waals surface area contributed by atoms with E-state index in [0.29, 0.717) is 17.6 Å². The molecule has 0 aliphatic heterocycles. The quantitative estimate of drug-likeness (QED) is 0.329. The summed E-state index contributed by atoms with van der Waals surface area (Å²) >= 11 is 0. The predicted octanol–water partition coefficient (Wildman–Crippen LogP) is 3.21. The van der Waals surface area contributed by atoms with Crippen molar-refractivity contribution in [1.29, 1.82) is 31.6 Å². The molecule has 1 aromatic carbocycles. The molecule has 0 aliphatic rings. The van der Waals surface area contributed by atoms with Crippen molar-refractivity contribution in [2.45, 2.75) is 27.2 Å². The molecule has 3 rings (SSSR count). The van der Waals surface area contributed by atoms with Crippen LogP contribution in [-0.2, 0) is 0 Å². The topological polar surface area (TPSA) is 207 Å². The van der Waals surface area contributed by atoms with Gasteiger partial charge < -0.3 is 0 Å². The van der Waals surface area contributed by atoms with E-state index in [1.165, 1.54) is 0 Å². The molecule has 0 bridgehead atoms. The van der Waals surface area contributed by atoms with E-state index in [-0.39, 0.29) is 61.8 Å². The molecule has 3 aromatic rings. The largest absolute Gasteiger partial charge is 0.234 e. The molecule has 0 saturated carbocycles. The first-order chi connectivity index (χ1) is 16.4. The summed E-state index contributed by atoms with van der Waals surface area (Å²) in [5, 5.41) is 57.0. The SMILES string of the molecule is CC/C(C)=C(\C#N)C(C#N)=Nc1c(C)c2nc(C#N)c(C#N)nc2c2nc(C#N)c(C#N)nc12. The van der Waals surface area contributed by atoms with Crippen LogP contribution in [0.25, 0.3) is 22.1 Å². The molecule has 34 heavy (non-hydrogen) atoms. The van der Waals surface area contributed by atoms with Crippen molar-refractivity contribution in [3.05, 3.63) is 39.5 Å². The minimum absolute atomic E-state index is 0.00961. The molecular formula is C23H11N11. The normalized spacial score (nSPS) is 11.4. The Morgan fingerprint density at radius 3 is 1.56 bits per heavy atom. The molecule has 158 valence electrons. The number of aromatic nitrogens is 4. The van der Waals surface area contributed by atoms with Crippen LogP contribution in [0.15, 0.2) is 16.1 Å². The molecule has 0 fully saturated rings. The summed E-state index contributed by atoms with van der Waals surface area (Å²) in [6, 6.07) is 11.1. The van der Waals surface area contributed by atoms with Crippen molar-refractivity contribution < 1.29 is 0 Å². The minimum Gasteiger partial charge on any atom is -0.234 e. The summed E-state index contributed by atoms with van der Waals surface area (Å²) in [6.07, 6.45) is 0.513. The number of aryl methyl sites for hydroxylation is 1. The van der Waals surface area contributed by atoms with E-state index in [2.05, 4.69) is 24.9 Å². The maximum absolute atomic E-state index is 9.74. The van der Waals surface area contributed by atoms with E-state index in [1.807, 2.05) is 25.1 Å². The first-order valence-electron chi connectivity index (χ1n) is 9.64. The minimum atomic E-state index is -0.278. The lowest BCUT2D eigenvalue weighted by Gasteiger charge is -2.11. The first-order valence-corrected chi connectivity index (χ1v) is 9.64. The van der Waals surface area contributed by atoms with Gasteiger partial charge in [0.15, 0.2) is 28.5 Å². The maximum Gasteiger partial charge on any atom is 0.177 e. The van der Waals surface area contributed by atoms with Crippen LogP contribution >= 0.6 is 0 Å². The van der Waals surface area contributed by atoms with Gasteiger partial charge in [-0.2, -0.15) is 31.6 Å². The second-order valence-corrected chi connectivity index (χ2v) is 6.85. The smallest absolute Gasteiger partial charge is 0.177 e. The van der Waals surface area contributed by atoms with Crippen LogP contribution < -0.4 is 0 Å². The van der Waals surface area contributed by atoms with Gasteiger partial charge in [0.2, 0.25) is 0 Å². The van der Waals surface area contributed by atoms with Gasteiger partial charge in [0.1, 0.15) is 53.0 Å². The number of aliphatic imine (C=N–C) groups is 1. The average Bonchev–Trinajstić information content (AvgIpc) is 2.88. The lowest BCUT2D eigenvalue weighted by Crippen LogP contribution is -2.05. The molecule has 0 saturated heterocycles.